The van der Waals surface area contributed by atoms with Gasteiger partial charge in [-0.25, -0.2) is 0 Å². The molecule has 3 rings (SSSR count). The lowest BCUT2D eigenvalue weighted by atomic mass is 9.70. The van der Waals surface area contributed by atoms with Crippen molar-refractivity contribution >= 4 is 5.97 Å². The second-order valence-electron chi connectivity index (χ2n) is 10.2. The van der Waals surface area contributed by atoms with Crippen molar-refractivity contribution < 1.29 is 25.2 Å². The normalized spacial score (nSPS) is 40.9. The van der Waals surface area contributed by atoms with Gasteiger partial charge in [0.05, 0.1) is 18.3 Å². The summed E-state index contributed by atoms with van der Waals surface area (Å²) >= 11 is 0. The predicted molar refractivity (Wildman–Crippen MR) is 120 cm³/mol. The zero-order valence-electron chi connectivity index (χ0n) is 18.6. The molecule has 3 aliphatic rings. The van der Waals surface area contributed by atoms with Crippen LogP contribution in [0.2, 0.25) is 0 Å². The molecule has 6 heteroatoms. The van der Waals surface area contributed by atoms with E-state index in [1.54, 1.807) is 0 Å². The molecule has 0 bridgehead atoms. The summed E-state index contributed by atoms with van der Waals surface area (Å²) < 4.78 is 0. The van der Waals surface area contributed by atoms with Crippen LogP contribution >= 0.6 is 0 Å². The maximum Gasteiger partial charge on any atom is 0.320 e. The lowest BCUT2D eigenvalue weighted by Crippen LogP contribution is -2.39. The smallest absolute Gasteiger partial charge is 0.320 e. The molecule has 3 unspecified atom stereocenters. The highest BCUT2D eigenvalue weighted by atomic mass is 16.4. The minimum absolute atomic E-state index is 0.00516. The van der Waals surface area contributed by atoms with E-state index in [-0.39, 0.29) is 30.0 Å². The maximum atomic E-state index is 11.3. The molecule has 0 aromatic carbocycles. The SMILES string of the molecule is NC(CC1CC(C=CC2CCC(O)CC2)C(O)C(C=CC2CCC(O)CC2)C1)C(=O)O. The first-order chi connectivity index (χ1) is 14.8. The van der Waals surface area contributed by atoms with Crippen molar-refractivity contribution in [1.82, 2.24) is 0 Å². The topological polar surface area (TPSA) is 124 Å². The third-order valence-electron chi connectivity index (χ3n) is 7.74. The molecule has 3 atom stereocenters. The van der Waals surface area contributed by atoms with Crippen molar-refractivity contribution in [3.8, 4) is 0 Å². The summed E-state index contributed by atoms with van der Waals surface area (Å²) in [4.78, 5) is 11.3. The van der Waals surface area contributed by atoms with E-state index in [0.717, 1.165) is 64.2 Å². The van der Waals surface area contributed by atoms with Gasteiger partial charge in [-0.05, 0) is 88.4 Å². The lowest BCUT2D eigenvalue weighted by Gasteiger charge is -2.38. The molecule has 0 radical (unpaired) electrons. The molecular formula is C25H41NO5. The Hall–Kier alpha value is -1.21. The lowest BCUT2D eigenvalue weighted by molar-refractivity contribution is -0.139. The Morgan fingerprint density at radius 2 is 1.19 bits per heavy atom. The third-order valence-corrected chi connectivity index (χ3v) is 7.74. The molecule has 0 aromatic rings. The van der Waals surface area contributed by atoms with Crippen molar-refractivity contribution in [2.75, 3.05) is 0 Å². The van der Waals surface area contributed by atoms with Crippen molar-refractivity contribution in [2.45, 2.75) is 95.0 Å². The zero-order chi connectivity index (χ0) is 22.4. The predicted octanol–water partition coefficient (Wildman–Crippen LogP) is 3.01. The first-order valence-corrected chi connectivity index (χ1v) is 12.2. The van der Waals surface area contributed by atoms with E-state index in [2.05, 4.69) is 24.3 Å². The van der Waals surface area contributed by atoms with Crippen LogP contribution in [0.3, 0.4) is 0 Å². The number of nitrogens with two attached hydrogens (primary N) is 1. The van der Waals surface area contributed by atoms with E-state index in [1.165, 1.54) is 0 Å². The van der Waals surface area contributed by atoms with E-state index in [4.69, 9.17) is 5.73 Å². The largest absolute Gasteiger partial charge is 0.480 e. The Balaban J connectivity index is 1.65. The molecule has 0 spiro atoms. The average Bonchev–Trinajstić information content (AvgIpc) is 2.75. The monoisotopic (exact) mass is 435 g/mol. The fourth-order valence-corrected chi connectivity index (χ4v) is 5.69. The maximum absolute atomic E-state index is 11.3. The Kier molecular flexibility index (Phi) is 9.14. The van der Waals surface area contributed by atoms with Gasteiger partial charge in [-0.2, -0.15) is 0 Å². The minimum Gasteiger partial charge on any atom is -0.480 e. The fourth-order valence-electron chi connectivity index (χ4n) is 5.69. The molecule has 0 aromatic heterocycles. The number of hydrogen-bond donors (Lipinski definition) is 5. The first kappa shape index (κ1) is 24.4. The Bertz CT molecular complexity index is 577. The molecule has 0 amide bonds. The number of carbonyl (C=O) groups is 1. The first-order valence-electron chi connectivity index (χ1n) is 12.2. The summed E-state index contributed by atoms with van der Waals surface area (Å²) in [6.45, 7) is 0. The van der Waals surface area contributed by atoms with Gasteiger partial charge in [0.25, 0.3) is 0 Å². The zero-order valence-corrected chi connectivity index (χ0v) is 18.6. The van der Waals surface area contributed by atoms with E-state index >= 15 is 0 Å². The van der Waals surface area contributed by atoms with Crippen LogP contribution in [0.25, 0.3) is 0 Å². The molecule has 3 saturated carbocycles. The van der Waals surface area contributed by atoms with Gasteiger partial charge in [-0.1, -0.05) is 24.3 Å². The van der Waals surface area contributed by atoms with Crippen LogP contribution in [0.5, 0.6) is 0 Å². The second kappa shape index (κ2) is 11.6. The number of allylic oxidation sites excluding steroid dienone is 2. The van der Waals surface area contributed by atoms with Gasteiger partial charge in [-0.15, -0.1) is 0 Å². The Morgan fingerprint density at radius 3 is 1.58 bits per heavy atom. The molecule has 0 aliphatic heterocycles. The Morgan fingerprint density at radius 1 is 0.774 bits per heavy atom. The molecule has 6 N–H and O–H groups in total. The van der Waals surface area contributed by atoms with E-state index in [9.17, 15) is 25.2 Å². The standard InChI is InChI=1S/C25H41NO5/c26-23(25(30)31)15-18-13-19(7-1-16-3-9-21(27)10-4-16)24(29)20(14-18)8-2-17-5-11-22(28)12-6-17/h1-2,7-8,16-24,27-29H,3-6,9-15,26H2,(H,30,31). The minimum atomic E-state index is -0.966. The molecular weight excluding hydrogens is 394 g/mol. The van der Waals surface area contributed by atoms with Crippen LogP contribution in [0, 0.1) is 29.6 Å². The van der Waals surface area contributed by atoms with E-state index in [0.29, 0.717) is 18.3 Å². The third kappa shape index (κ3) is 7.41. The summed E-state index contributed by atoms with van der Waals surface area (Å²) in [6.07, 6.45) is 17.1. The highest BCUT2D eigenvalue weighted by Gasteiger charge is 2.36. The van der Waals surface area contributed by atoms with Gasteiger partial charge in [-0.3, -0.25) is 4.79 Å². The number of aliphatic carboxylic acids is 1. The van der Waals surface area contributed by atoms with E-state index in [1.807, 2.05) is 0 Å². The van der Waals surface area contributed by atoms with Gasteiger partial charge < -0.3 is 26.2 Å². The molecule has 3 aliphatic carbocycles. The average molecular weight is 436 g/mol. The van der Waals surface area contributed by atoms with E-state index < -0.39 is 18.1 Å². The molecule has 6 nitrogen and oxygen atoms in total. The van der Waals surface area contributed by atoms with Gasteiger partial charge in [0, 0.05) is 11.8 Å². The molecule has 0 heterocycles. The van der Waals surface area contributed by atoms with Crippen LogP contribution < -0.4 is 5.73 Å². The van der Waals surface area contributed by atoms with Crippen LogP contribution in [0.1, 0.15) is 70.6 Å². The van der Waals surface area contributed by atoms with Gasteiger partial charge in [0.1, 0.15) is 6.04 Å². The number of carboxylic acid groups (broad SMARTS) is 1. The summed E-state index contributed by atoms with van der Waals surface area (Å²) in [5.74, 6) is 0.0793. The van der Waals surface area contributed by atoms with Crippen molar-refractivity contribution in [1.29, 1.82) is 0 Å². The number of hydrogen-bond acceptors (Lipinski definition) is 5. The highest BCUT2D eigenvalue weighted by Crippen LogP contribution is 2.39. The second-order valence-corrected chi connectivity index (χ2v) is 10.2. The van der Waals surface area contributed by atoms with Crippen LogP contribution in [0.15, 0.2) is 24.3 Å². The molecule has 0 saturated heterocycles. The van der Waals surface area contributed by atoms with Gasteiger partial charge >= 0.3 is 5.97 Å². The van der Waals surface area contributed by atoms with Crippen LogP contribution in [-0.4, -0.2) is 50.7 Å². The van der Waals surface area contributed by atoms with Crippen LogP contribution in [0.4, 0.5) is 0 Å². The quantitative estimate of drug-likeness (QED) is 0.392. The van der Waals surface area contributed by atoms with Gasteiger partial charge in [0.2, 0.25) is 0 Å². The summed E-state index contributed by atoms with van der Waals surface area (Å²) in [6, 6.07) is -0.867. The summed E-state index contributed by atoms with van der Waals surface area (Å²) in [7, 11) is 0. The highest BCUT2D eigenvalue weighted by molar-refractivity contribution is 5.73. The molecule has 31 heavy (non-hydrogen) atoms. The number of rotatable bonds is 7. The fraction of sp³-hybridized carbons (Fsp3) is 0.800. The van der Waals surface area contributed by atoms with Crippen molar-refractivity contribution in [3.63, 3.8) is 0 Å². The number of carboxylic acids is 1. The van der Waals surface area contributed by atoms with Crippen molar-refractivity contribution in [2.24, 2.45) is 35.3 Å². The molecule has 176 valence electrons. The van der Waals surface area contributed by atoms with Crippen molar-refractivity contribution in [3.05, 3.63) is 24.3 Å². The molecule has 3 fully saturated rings. The van der Waals surface area contributed by atoms with Crippen LogP contribution in [-0.2, 0) is 4.79 Å². The van der Waals surface area contributed by atoms with Gasteiger partial charge in [0.15, 0.2) is 0 Å². The Labute approximate surface area is 186 Å². The number of aliphatic hydroxyl groups is 3. The summed E-state index contributed by atoms with van der Waals surface area (Å²) in [5.41, 5.74) is 5.84. The number of aliphatic hydroxyl groups excluding tert-OH is 3. The summed E-state index contributed by atoms with van der Waals surface area (Å²) in [5, 5.41) is 39.8.